The Hall–Kier alpha value is -0.160. The van der Waals surface area contributed by atoms with E-state index in [1.54, 1.807) is 0 Å². The van der Waals surface area contributed by atoms with Crippen molar-refractivity contribution in [3.05, 3.63) is 0 Å². The molecule has 0 aromatic carbocycles. The summed E-state index contributed by atoms with van der Waals surface area (Å²) in [6.07, 6.45) is 8.08. The van der Waals surface area contributed by atoms with Crippen LogP contribution >= 0.6 is 0 Å². The number of nitrogens with zero attached hydrogens (tertiary/aromatic N) is 2. The summed E-state index contributed by atoms with van der Waals surface area (Å²) in [5.74, 6) is 0.879. The van der Waals surface area contributed by atoms with Gasteiger partial charge in [0.15, 0.2) is 0 Å². The van der Waals surface area contributed by atoms with Crippen LogP contribution in [0.4, 0.5) is 0 Å². The van der Waals surface area contributed by atoms with Crippen LogP contribution in [0.2, 0.25) is 0 Å². The van der Waals surface area contributed by atoms with Crippen molar-refractivity contribution in [1.29, 1.82) is 0 Å². The van der Waals surface area contributed by atoms with Gasteiger partial charge >= 0.3 is 0 Å². The van der Waals surface area contributed by atoms with Gasteiger partial charge in [-0.05, 0) is 44.6 Å². The smallest absolute Gasteiger partial charge is 0.0822 e. The van der Waals surface area contributed by atoms with Crippen LogP contribution < -0.4 is 0 Å². The molecule has 4 heteroatoms. The molecule has 2 saturated heterocycles. The average Bonchev–Trinajstić information content (AvgIpc) is 2.93. The second-order valence-electron chi connectivity index (χ2n) is 7.10. The molecule has 3 aliphatic rings. The van der Waals surface area contributed by atoms with Gasteiger partial charge in [-0.3, -0.25) is 4.90 Å². The SMILES string of the molecule is OC1CCN([C@@H]2CCN(CC3CCCC3)C[C@H]2O)CC1. The Balaban J connectivity index is 1.46. The summed E-state index contributed by atoms with van der Waals surface area (Å²) in [5, 5.41) is 20.1. The predicted molar refractivity (Wildman–Crippen MR) is 79.6 cm³/mol. The van der Waals surface area contributed by atoms with E-state index in [9.17, 15) is 10.2 Å². The van der Waals surface area contributed by atoms with E-state index in [0.29, 0.717) is 6.04 Å². The molecule has 0 unspecified atom stereocenters. The Morgan fingerprint density at radius 2 is 1.55 bits per heavy atom. The van der Waals surface area contributed by atoms with Crippen LogP contribution in [0, 0.1) is 5.92 Å². The maximum Gasteiger partial charge on any atom is 0.0822 e. The van der Waals surface area contributed by atoms with Gasteiger partial charge in [0.1, 0.15) is 0 Å². The zero-order valence-corrected chi connectivity index (χ0v) is 12.6. The van der Waals surface area contributed by atoms with Gasteiger partial charge in [0.05, 0.1) is 12.2 Å². The number of rotatable bonds is 3. The topological polar surface area (TPSA) is 46.9 Å². The molecule has 2 aliphatic heterocycles. The molecular formula is C16H30N2O2. The fourth-order valence-corrected chi connectivity index (χ4v) is 4.35. The molecule has 2 atom stereocenters. The summed E-state index contributed by atoms with van der Waals surface area (Å²) >= 11 is 0. The van der Waals surface area contributed by atoms with Crippen molar-refractivity contribution in [2.75, 3.05) is 32.7 Å². The third-order valence-corrected chi connectivity index (χ3v) is 5.59. The van der Waals surface area contributed by atoms with Crippen LogP contribution in [-0.4, -0.2) is 71.0 Å². The molecule has 2 N–H and O–H groups in total. The molecule has 0 spiro atoms. The van der Waals surface area contributed by atoms with Crippen LogP contribution in [0.3, 0.4) is 0 Å². The van der Waals surface area contributed by atoms with E-state index in [4.69, 9.17) is 0 Å². The second-order valence-corrected chi connectivity index (χ2v) is 7.10. The van der Waals surface area contributed by atoms with E-state index < -0.39 is 0 Å². The van der Waals surface area contributed by atoms with Crippen molar-refractivity contribution in [2.24, 2.45) is 5.92 Å². The first-order chi connectivity index (χ1) is 9.72. The first-order valence-electron chi connectivity index (χ1n) is 8.55. The van der Waals surface area contributed by atoms with Gasteiger partial charge in [-0.1, -0.05) is 12.8 Å². The lowest BCUT2D eigenvalue weighted by Crippen LogP contribution is -2.56. The summed E-state index contributed by atoms with van der Waals surface area (Å²) in [4.78, 5) is 4.89. The minimum atomic E-state index is -0.208. The van der Waals surface area contributed by atoms with Crippen molar-refractivity contribution in [1.82, 2.24) is 9.80 Å². The summed E-state index contributed by atoms with van der Waals surface area (Å²) in [6, 6.07) is 0.322. The molecule has 1 saturated carbocycles. The third-order valence-electron chi connectivity index (χ3n) is 5.59. The highest BCUT2D eigenvalue weighted by molar-refractivity contribution is 4.89. The molecule has 3 rings (SSSR count). The number of likely N-dealkylation sites (tertiary alicyclic amines) is 2. The van der Waals surface area contributed by atoms with E-state index in [1.807, 2.05) is 0 Å². The lowest BCUT2D eigenvalue weighted by atomic mass is 9.95. The number of aliphatic hydroxyl groups is 2. The Kier molecular flexibility index (Phi) is 4.97. The van der Waals surface area contributed by atoms with Crippen LogP contribution in [0.5, 0.6) is 0 Å². The van der Waals surface area contributed by atoms with Crippen LogP contribution in [0.1, 0.15) is 44.9 Å². The molecule has 4 nitrogen and oxygen atoms in total. The average molecular weight is 282 g/mol. The first kappa shape index (κ1) is 14.8. The summed E-state index contributed by atoms with van der Waals surface area (Å²) in [6.45, 7) is 5.08. The van der Waals surface area contributed by atoms with E-state index >= 15 is 0 Å². The lowest BCUT2D eigenvalue weighted by molar-refractivity contribution is -0.0363. The first-order valence-corrected chi connectivity index (χ1v) is 8.55. The lowest BCUT2D eigenvalue weighted by Gasteiger charge is -2.44. The van der Waals surface area contributed by atoms with E-state index in [2.05, 4.69) is 9.80 Å². The van der Waals surface area contributed by atoms with E-state index in [0.717, 1.165) is 51.4 Å². The molecule has 1 aliphatic carbocycles. The number of hydrogen-bond acceptors (Lipinski definition) is 4. The zero-order chi connectivity index (χ0) is 13.9. The highest BCUT2D eigenvalue weighted by Crippen LogP contribution is 2.27. The van der Waals surface area contributed by atoms with Gasteiger partial charge < -0.3 is 15.1 Å². The van der Waals surface area contributed by atoms with E-state index in [-0.39, 0.29) is 12.2 Å². The summed E-state index contributed by atoms with van der Waals surface area (Å²) in [5.41, 5.74) is 0. The Bertz CT molecular complexity index is 299. The third kappa shape index (κ3) is 3.53. The van der Waals surface area contributed by atoms with Gasteiger partial charge in [-0.25, -0.2) is 0 Å². The molecule has 0 aromatic heterocycles. The second kappa shape index (κ2) is 6.73. The molecule has 116 valence electrons. The van der Waals surface area contributed by atoms with Crippen LogP contribution in [0.15, 0.2) is 0 Å². The molecule has 0 bridgehead atoms. The normalized spacial score (nSPS) is 35.7. The van der Waals surface area contributed by atoms with Crippen molar-refractivity contribution in [3.63, 3.8) is 0 Å². The van der Waals surface area contributed by atoms with Gasteiger partial charge in [-0.15, -0.1) is 0 Å². The Morgan fingerprint density at radius 1 is 0.850 bits per heavy atom. The Morgan fingerprint density at radius 3 is 2.20 bits per heavy atom. The van der Waals surface area contributed by atoms with Gasteiger partial charge in [0.25, 0.3) is 0 Å². The molecule has 2 heterocycles. The predicted octanol–water partition coefficient (Wildman–Crippen LogP) is 1.07. The number of β-amino-alcohol motifs (C(OH)–C–C–N with tert-alkyl or cyclic N) is 1. The van der Waals surface area contributed by atoms with Crippen molar-refractivity contribution in [3.8, 4) is 0 Å². The monoisotopic (exact) mass is 282 g/mol. The highest BCUT2D eigenvalue weighted by Gasteiger charge is 2.34. The molecule has 0 radical (unpaired) electrons. The van der Waals surface area contributed by atoms with Crippen molar-refractivity contribution in [2.45, 2.75) is 63.2 Å². The zero-order valence-electron chi connectivity index (χ0n) is 12.6. The van der Waals surface area contributed by atoms with Crippen molar-refractivity contribution >= 4 is 0 Å². The van der Waals surface area contributed by atoms with Gasteiger partial charge in [-0.2, -0.15) is 0 Å². The van der Waals surface area contributed by atoms with Gasteiger partial charge in [0, 0.05) is 32.2 Å². The minimum Gasteiger partial charge on any atom is -0.393 e. The number of piperidine rings is 2. The largest absolute Gasteiger partial charge is 0.393 e. The highest BCUT2D eigenvalue weighted by atomic mass is 16.3. The minimum absolute atomic E-state index is 0.120. The van der Waals surface area contributed by atoms with Gasteiger partial charge in [0.2, 0.25) is 0 Å². The van der Waals surface area contributed by atoms with Crippen molar-refractivity contribution < 1.29 is 10.2 Å². The standard InChI is InChI=1S/C16H30N2O2/c19-14-5-9-18(10-6-14)15-7-8-17(12-16(15)20)11-13-3-1-2-4-13/h13-16,19-20H,1-12H2/t15-,16-/m1/s1. The molecule has 0 amide bonds. The fraction of sp³-hybridized carbons (Fsp3) is 1.00. The molecular weight excluding hydrogens is 252 g/mol. The van der Waals surface area contributed by atoms with Crippen LogP contribution in [0.25, 0.3) is 0 Å². The Labute approximate surface area is 122 Å². The van der Waals surface area contributed by atoms with E-state index in [1.165, 1.54) is 32.2 Å². The maximum atomic E-state index is 10.5. The van der Waals surface area contributed by atoms with Crippen LogP contribution in [-0.2, 0) is 0 Å². The quantitative estimate of drug-likeness (QED) is 0.813. The number of aliphatic hydroxyl groups excluding tert-OH is 2. The molecule has 20 heavy (non-hydrogen) atoms. The fourth-order valence-electron chi connectivity index (χ4n) is 4.35. The molecule has 3 fully saturated rings. The molecule has 0 aromatic rings. The summed E-state index contributed by atoms with van der Waals surface area (Å²) < 4.78 is 0. The maximum absolute atomic E-state index is 10.5. The number of hydrogen-bond donors (Lipinski definition) is 2. The summed E-state index contributed by atoms with van der Waals surface area (Å²) in [7, 11) is 0.